The van der Waals surface area contributed by atoms with Crippen LogP contribution in [-0.4, -0.2) is 49.3 Å². The lowest BCUT2D eigenvalue weighted by Crippen LogP contribution is -2.37. The molecule has 4 heteroatoms. The van der Waals surface area contributed by atoms with Crippen LogP contribution in [0.2, 0.25) is 0 Å². The van der Waals surface area contributed by atoms with Crippen LogP contribution in [0.4, 0.5) is 5.69 Å². The van der Waals surface area contributed by atoms with Gasteiger partial charge in [0.05, 0.1) is 0 Å². The molecule has 0 bridgehead atoms. The molecule has 1 heterocycles. The van der Waals surface area contributed by atoms with Crippen molar-refractivity contribution in [3.63, 3.8) is 0 Å². The fourth-order valence-corrected chi connectivity index (χ4v) is 3.25. The molecule has 0 radical (unpaired) electrons. The molecule has 1 aliphatic rings. The molecule has 4 nitrogen and oxygen atoms in total. The van der Waals surface area contributed by atoms with E-state index in [1.807, 2.05) is 6.07 Å². The second-order valence-corrected chi connectivity index (χ2v) is 6.18. The van der Waals surface area contributed by atoms with Crippen molar-refractivity contribution in [2.24, 2.45) is 0 Å². The summed E-state index contributed by atoms with van der Waals surface area (Å²) in [6.07, 6.45) is 1.16. The predicted molar refractivity (Wildman–Crippen MR) is 89.1 cm³/mol. The maximum Gasteiger partial charge on any atom is 0.122 e. The van der Waals surface area contributed by atoms with E-state index in [9.17, 15) is 5.11 Å². The Labute approximate surface area is 128 Å². The highest BCUT2D eigenvalue weighted by Crippen LogP contribution is 2.30. The number of aromatic hydroxyl groups is 1. The van der Waals surface area contributed by atoms with Gasteiger partial charge in [0.15, 0.2) is 0 Å². The Bertz CT molecular complexity index is 463. The highest BCUT2D eigenvalue weighted by molar-refractivity contribution is 5.54. The molecule has 0 spiro atoms. The first kappa shape index (κ1) is 16.1. The molecule has 0 aromatic heterocycles. The van der Waals surface area contributed by atoms with Gasteiger partial charge in [-0.05, 0) is 46.5 Å². The Morgan fingerprint density at radius 3 is 2.81 bits per heavy atom. The van der Waals surface area contributed by atoms with Crippen LogP contribution in [0.25, 0.3) is 0 Å². The number of nitrogens with zero attached hydrogens (tertiary/aromatic N) is 2. The maximum absolute atomic E-state index is 10.4. The molecule has 2 N–H and O–H groups in total. The van der Waals surface area contributed by atoms with Gasteiger partial charge >= 0.3 is 0 Å². The predicted octanol–water partition coefficient (Wildman–Crippen LogP) is 2.59. The smallest absolute Gasteiger partial charge is 0.122 e. The first-order chi connectivity index (χ1) is 10.0. The molecule has 2 rings (SSSR count). The van der Waals surface area contributed by atoms with Crippen molar-refractivity contribution in [1.29, 1.82) is 0 Å². The zero-order valence-electron chi connectivity index (χ0n) is 13.8. The number of benzene rings is 1. The maximum atomic E-state index is 10.4. The summed E-state index contributed by atoms with van der Waals surface area (Å²) >= 11 is 0. The van der Waals surface area contributed by atoms with Gasteiger partial charge in [-0.2, -0.15) is 0 Å². The Morgan fingerprint density at radius 1 is 1.38 bits per heavy atom. The fourth-order valence-electron chi connectivity index (χ4n) is 3.25. The van der Waals surface area contributed by atoms with E-state index >= 15 is 0 Å². The lowest BCUT2D eigenvalue weighted by atomic mass is 10.1. The molecule has 2 atom stereocenters. The molecule has 1 aromatic rings. The van der Waals surface area contributed by atoms with Crippen molar-refractivity contribution in [2.75, 3.05) is 38.1 Å². The standard InChI is InChI=1S/C17H29N3O/c1-5-18-14(3)16-8-7-15(11-17(16)21)20-10-6-9-19(4)12-13(20)2/h7-8,11,13-14,18,21H,5-6,9-10,12H2,1-4H3. The molecule has 0 aliphatic carbocycles. The number of anilines is 1. The largest absolute Gasteiger partial charge is 0.508 e. The van der Waals surface area contributed by atoms with Crippen molar-refractivity contribution in [3.8, 4) is 5.75 Å². The van der Waals surface area contributed by atoms with Crippen LogP contribution in [0.1, 0.15) is 38.8 Å². The first-order valence-corrected chi connectivity index (χ1v) is 8.04. The molecule has 21 heavy (non-hydrogen) atoms. The minimum atomic E-state index is 0.178. The Morgan fingerprint density at radius 2 is 2.14 bits per heavy atom. The number of hydrogen-bond acceptors (Lipinski definition) is 4. The average molecular weight is 291 g/mol. The summed E-state index contributed by atoms with van der Waals surface area (Å²) < 4.78 is 0. The van der Waals surface area contributed by atoms with Gasteiger partial charge in [0.1, 0.15) is 5.75 Å². The molecule has 1 saturated heterocycles. The lowest BCUT2D eigenvalue weighted by molar-refractivity contribution is 0.337. The van der Waals surface area contributed by atoms with E-state index in [1.165, 1.54) is 0 Å². The van der Waals surface area contributed by atoms with Crippen LogP contribution in [0.5, 0.6) is 5.75 Å². The summed E-state index contributed by atoms with van der Waals surface area (Å²) in [6, 6.07) is 6.76. The SMILES string of the molecule is CCNC(C)c1ccc(N2CCCN(C)CC2C)cc1O. The zero-order chi connectivity index (χ0) is 15.4. The molecule has 1 aliphatic heterocycles. The quantitative estimate of drug-likeness (QED) is 0.894. The van der Waals surface area contributed by atoms with E-state index in [2.05, 4.69) is 55.1 Å². The number of hydrogen-bond donors (Lipinski definition) is 2. The monoisotopic (exact) mass is 291 g/mol. The molecule has 1 aromatic carbocycles. The molecule has 0 amide bonds. The number of rotatable bonds is 4. The third-order valence-corrected chi connectivity index (χ3v) is 4.37. The van der Waals surface area contributed by atoms with Gasteiger partial charge < -0.3 is 20.2 Å². The summed E-state index contributed by atoms with van der Waals surface area (Å²) in [5.74, 6) is 0.394. The van der Waals surface area contributed by atoms with Crippen molar-refractivity contribution in [3.05, 3.63) is 23.8 Å². The molecular formula is C17H29N3O. The summed E-state index contributed by atoms with van der Waals surface area (Å²) in [6.45, 7) is 10.6. The summed E-state index contributed by atoms with van der Waals surface area (Å²) in [4.78, 5) is 4.79. The number of phenols is 1. The van der Waals surface area contributed by atoms with Crippen LogP contribution in [0.15, 0.2) is 18.2 Å². The molecule has 1 fully saturated rings. The van der Waals surface area contributed by atoms with Crippen LogP contribution < -0.4 is 10.2 Å². The number of nitrogens with one attached hydrogen (secondary N) is 1. The highest BCUT2D eigenvalue weighted by atomic mass is 16.3. The van der Waals surface area contributed by atoms with Crippen molar-refractivity contribution in [1.82, 2.24) is 10.2 Å². The second kappa shape index (κ2) is 7.14. The van der Waals surface area contributed by atoms with Gasteiger partial charge in [-0.15, -0.1) is 0 Å². The van der Waals surface area contributed by atoms with Crippen LogP contribution in [0.3, 0.4) is 0 Å². The van der Waals surface area contributed by atoms with E-state index in [4.69, 9.17) is 0 Å². The van der Waals surface area contributed by atoms with E-state index < -0.39 is 0 Å². The van der Waals surface area contributed by atoms with E-state index in [1.54, 1.807) is 0 Å². The summed E-state index contributed by atoms with van der Waals surface area (Å²) in [5, 5.41) is 13.7. The number of likely N-dealkylation sites (N-methyl/N-ethyl adjacent to an activating group) is 1. The van der Waals surface area contributed by atoms with E-state index in [0.29, 0.717) is 11.8 Å². The van der Waals surface area contributed by atoms with Crippen molar-refractivity contribution in [2.45, 2.75) is 39.3 Å². The van der Waals surface area contributed by atoms with Crippen LogP contribution in [0, 0.1) is 0 Å². The van der Waals surface area contributed by atoms with Gasteiger partial charge in [0, 0.05) is 42.5 Å². The highest BCUT2D eigenvalue weighted by Gasteiger charge is 2.21. The Kier molecular flexibility index (Phi) is 5.48. The van der Waals surface area contributed by atoms with E-state index in [0.717, 1.165) is 43.9 Å². The molecule has 118 valence electrons. The third kappa shape index (κ3) is 3.89. The van der Waals surface area contributed by atoms with Gasteiger partial charge in [0.2, 0.25) is 0 Å². The van der Waals surface area contributed by atoms with Crippen LogP contribution in [-0.2, 0) is 0 Å². The Hall–Kier alpha value is -1.26. The fraction of sp³-hybridized carbons (Fsp3) is 0.647. The normalized spacial score (nSPS) is 22.1. The average Bonchev–Trinajstić information content (AvgIpc) is 2.59. The van der Waals surface area contributed by atoms with Gasteiger partial charge in [0.25, 0.3) is 0 Å². The van der Waals surface area contributed by atoms with Crippen LogP contribution >= 0.6 is 0 Å². The third-order valence-electron chi connectivity index (χ3n) is 4.37. The van der Waals surface area contributed by atoms with Crippen molar-refractivity contribution < 1.29 is 5.11 Å². The topological polar surface area (TPSA) is 38.7 Å². The van der Waals surface area contributed by atoms with E-state index in [-0.39, 0.29) is 6.04 Å². The zero-order valence-corrected chi connectivity index (χ0v) is 13.8. The summed E-state index contributed by atoms with van der Waals surface area (Å²) in [7, 11) is 2.18. The van der Waals surface area contributed by atoms with Gasteiger partial charge in [-0.3, -0.25) is 0 Å². The Balaban J connectivity index is 2.18. The summed E-state index contributed by atoms with van der Waals surface area (Å²) in [5.41, 5.74) is 2.10. The first-order valence-electron chi connectivity index (χ1n) is 8.04. The molecular weight excluding hydrogens is 262 g/mol. The minimum Gasteiger partial charge on any atom is -0.508 e. The second-order valence-electron chi connectivity index (χ2n) is 6.18. The van der Waals surface area contributed by atoms with Gasteiger partial charge in [-0.25, -0.2) is 0 Å². The van der Waals surface area contributed by atoms with Crippen molar-refractivity contribution >= 4 is 5.69 Å². The number of phenolic OH excluding ortho intramolecular Hbond substituents is 1. The molecule has 0 saturated carbocycles. The van der Waals surface area contributed by atoms with Gasteiger partial charge in [-0.1, -0.05) is 13.0 Å². The minimum absolute atomic E-state index is 0.178. The molecule has 2 unspecified atom stereocenters. The lowest BCUT2D eigenvalue weighted by Gasteiger charge is -2.30.